The Morgan fingerprint density at radius 2 is 2.11 bits per heavy atom. The number of hydrogen-bond donors (Lipinski definition) is 0. The Morgan fingerprint density at radius 3 is 2.89 bits per heavy atom. The van der Waals surface area contributed by atoms with Crippen LogP contribution < -0.4 is 4.74 Å². The van der Waals surface area contributed by atoms with Gasteiger partial charge in [-0.15, -0.1) is 0 Å². The summed E-state index contributed by atoms with van der Waals surface area (Å²) in [5.74, 6) is 0.823. The van der Waals surface area contributed by atoms with Gasteiger partial charge in [-0.2, -0.15) is 0 Å². The first kappa shape index (κ1) is 12.1. The second-order valence-corrected chi connectivity index (χ2v) is 4.25. The summed E-state index contributed by atoms with van der Waals surface area (Å²) < 4.78 is 16.0. The Balaban J connectivity index is 1.97. The summed E-state index contributed by atoms with van der Waals surface area (Å²) >= 11 is 0. The summed E-state index contributed by atoms with van der Waals surface area (Å²) in [6, 6.07) is 7.81. The first-order chi connectivity index (χ1) is 9.36. The van der Waals surface area contributed by atoms with E-state index in [0.29, 0.717) is 13.2 Å². The van der Waals surface area contributed by atoms with Crippen LogP contribution in [-0.2, 0) is 9.47 Å². The first-order valence-electron chi connectivity index (χ1n) is 6.21. The molecule has 19 heavy (non-hydrogen) atoms. The summed E-state index contributed by atoms with van der Waals surface area (Å²) in [6.45, 7) is 1.31. The number of hydrogen-bond acceptors (Lipinski definition) is 4. The molecule has 0 amide bonds. The van der Waals surface area contributed by atoms with Gasteiger partial charge < -0.3 is 14.2 Å². The van der Waals surface area contributed by atoms with Crippen molar-refractivity contribution in [2.75, 3.05) is 20.3 Å². The third-order valence-electron chi connectivity index (χ3n) is 3.06. The topological polar surface area (TPSA) is 40.6 Å². The van der Waals surface area contributed by atoms with Gasteiger partial charge in [0.05, 0.1) is 25.8 Å². The van der Waals surface area contributed by atoms with Crippen LogP contribution in [-0.4, -0.2) is 31.6 Å². The minimum Gasteiger partial charge on any atom is -0.497 e. The maximum Gasteiger partial charge on any atom is 0.177 e. The second-order valence-electron chi connectivity index (χ2n) is 4.25. The lowest BCUT2D eigenvalue weighted by Crippen LogP contribution is -2.01. The molecule has 1 fully saturated rings. The smallest absolute Gasteiger partial charge is 0.177 e. The Bertz CT molecular complexity index is 603. The molecule has 0 saturated carbocycles. The van der Waals surface area contributed by atoms with Crippen LogP contribution in [0.1, 0.15) is 5.56 Å². The molecule has 0 spiro atoms. The summed E-state index contributed by atoms with van der Waals surface area (Å²) in [5, 5.41) is 1.05. The fourth-order valence-electron chi connectivity index (χ4n) is 2.09. The van der Waals surface area contributed by atoms with Crippen LogP contribution in [0.5, 0.6) is 5.75 Å². The van der Waals surface area contributed by atoms with E-state index in [1.807, 2.05) is 36.4 Å². The van der Waals surface area contributed by atoms with Crippen LogP contribution in [0.4, 0.5) is 0 Å². The van der Waals surface area contributed by atoms with Gasteiger partial charge in [0, 0.05) is 11.6 Å². The monoisotopic (exact) mass is 257 g/mol. The second kappa shape index (κ2) is 5.38. The lowest BCUT2D eigenvalue weighted by molar-refractivity contribution is -0.000904. The van der Waals surface area contributed by atoms with E-state index in [1.165, 1.54) is 0 Å². The van der Waals surface area contributed by atoms with E-state index in [0.717, 1.165) is 22.2 Å². The number of benzene rings is 1. The van der Waals surface area contributed by atoms with Crippen molar-refractivity contribution >= 4 is 17.0 Å². The van der Waals surface area contributed by atoms with Crippen molar-refractivity contribution in [2.24, 2.45) is 0 Å². The molecule has 4 heteroatoms. The Labute approximate surface area is 111 Å². The molecule has 1 saturated heterocycles. The highest BCUT2D eigenvalue weighted by atomic mass is 16.7. The molecular weight excluding hydrogens is 242 g/mol. The van der Waals surface area contributed by atoms with Gasteiger partial charge in [0.25, 0.3) is 0 Å². The van der Waals surface area contributed by atoms with Gasteiger partial charge in [0.2, 0.25) is 0 Å². The van der Waals surface area contributed by atoms with E-state index in [1.54, 1.807) is 13.3 Å². The molecule has 0 radical (unpaired) electrons. The Morgan fingerprint density at radius 1 is 1.26 bits per heavy atom. The van der Waals surface area contributed by atoms with Crippen molar-refractivity contribution in [1.82, 2.24) is 4.98 Å². The lowest BCUT2D eigenvalue weighted by atomic mass is 10.1. The molecule has 0 aliphatic carbocycles. The molecule has 1 aliphatic rings. The van der Waals surface area contributed by atoms with Gasteiger partial charge in [-0.1, -0.05) is 6.08 Å². The maximum atomic E-state index is 5.38. The molecule has 0 atom stereocenters. The Hall–Kier alpha value is -1.91. The average molecular weight is 257 g/mol. The molecule has 2 aromatic rings. The van der Waals surface area contributed by atoms with E-state index in [2.05, 4.69) is 4.98 Å². The van der Waals surface area contributed by atoms with Crippen molar-refractivity contribution in [3.05, 3.63) is 42.1 Å². The molecule has 1 aliphatic heterocycles. The summed E-state index contributed by atoms with van der Waals surface area (Å²) in [4.78, 5) is 4.35. The highest BCUT2D eigenvalue weighted by Gasteiger charge is 2.11. The summed E-state index contributed by atoms with van der Waals surface area (Å²) in [5.41, 5.74) is 2.01. The zero-order chi connectivity index (χ0) is 13.1. The SMILES string of the molecule is COc1ccc2nccc(/C=C/C3OCCO3)c2c1. The van der Waals surface area contributed by atoms with Crippen molar-refractivity contribution in [2.45, 2.75) is 6.29 Å². The zero-order valence-corrected chi connectivity index (χ0v) is 10.7. The van der Waals surface area contributed by atoms with E-state index in [9.17, 15) is 0 Å². The average Bonchev–Trinajstić information content (AvgIpc) is 2.97. The molecule has 98 valence electrons. The summed E-state index contributed by atoms with van der Waals surface area (Å²) in [7, 11) is 1.66. The predicted octanol–water partition coefficient (Wildman–Crippen LogP) is 2.63. The molecule has 0 unspecified atom stereocenters. The first-order valence-corrected chi connectivity index (χ1v) is 6.21. The minimum absolute atomic E-state index is 0.242. The summed E-state index contributed by atoms with van der Waals surface area (Å²) in [6.07, 6.45) is 5.47. The third-order valence-corrected chi connectivity index (χ3v) is 3.06. The van der Waals surface area contributed by atoms with Crippen molar-refractivity contribution in [3.63, 3.8) is 0 Å². The minimum atomic E-state index is -0.242. The number of fused-ring (bicyclic) bond motifs is 1. The van der Waals surface area contributed by atoms with Gasteiger partial charge in [-0.3, -0.25) is 4.98 Å². The van der Waals surface area contributed by atoms with E-state index >= 15 is 0 Å². The van der Waals surface area contributed by atoms with Crippen LogP contribution in [0.2, 0.25) is 0 Å². The van der Waals surface area contributed by atoms with E-state index < -0.39 is 0 Å². The van der Waals surface area contributed by atoms with Crippen molar-refractivity contribution < 1.29 is 14.2 Å². The molecule has 0 bridgehead atoms. The van der Waals surface area contributed by atoms with Gasteiger partial charge >= 0.3 is 0 Å². The number of methoxy groups -OCH3 is 1. The predicted molar refractivity (Wildman–Crippen MR) is 73.0 cm³/mol. The third kappa shape index (κ3) is 2.59. The largest absolute Gasteiger partial charge is 0.497 e. The highest BCUT2D eigenvalue weighted by molar-refractivity contribution is 5.88. The van der Waals surface area contributed by atoms with Gasteiger partial charge in [0.1, 0.15) is 5.75 Å². The van der Waals surface area contributed by atoms with Crippen LogP contribution in [0.3, 0.4) is 0 Å². The Kier molecular flexibility index (Phi) is 3.44. The fraction of sp³-hybridized carbons (Fsp3) is 0.267. The quantitative estimate of drug-likeness (QED) is 0.847. The normalized spacial score (nSPS) is 16.5. The van der Waals surface area contributed by atoms with E-state index in [-0.39, 0.29) is 6.29 Å². The van der Waals surface area contributed by atoms with Gasteiger partial charge in [0.15, 0.2) is 6.29 Å². The maximum absolute atomic E-state index is 5.38. The molecular formula is C15H15NO3. The van der Waals surface area contributed by atoms with Crippen LogP contribution in [0.15, 0.2) is 36.5 Å². The number of ether oxygens (including phenoxy) is 3. The van der Waals surface area contributed by atoms with Crippen LogP contribution in [0, 0.1) is 0 Å². The molecule has 4 nitrogen and oxygen atoms in total. The van der Waals surface area contributed by atoms with Gasteiger partial charge in [-0.05, 0) is 35.9 Å². The zero-order valence-electron chi connectivity index (χ0n) is 10.7. The van der Waals surface area contributed by atoms with Crippen LogP contribution in [0.25, 0.3) is 17.0 Å². The number of pyridine rings is 1. The van der Waals surface area contributed by atoms with Crippen LogP contribution >= 0.6 is 0 Å². The number of nitrogens with zero attached hydrogens (tertiary/aromatic N) is 1. The van der Waals surface area contributed by atoms with Gasteiger partial charge in [-0.25, -0.2) is 0 Å². The molecule has 3 rings (SSSR count). The molecule has 0 N–H and O–H groups in total. The van der Waals surface area contributed by atoms with E-state index in [4.69, 9.17) is 14.2 Å². The van der Waals surface area contributed by atoms with Crippen molar-refractivity contribution in [1.29, 1.82) is 0 Å². The number of aromatic nitrogens is 1. The standard InChI is InChI=1S/C15H15NO3/c1-17-12-3-4-14-13(10-12)11(6-7-16-14)2-5-15-18-8-9-19-15/h2-7,10,15H,8-9H2,1H3/b5-2+. The lowest BCUT2D eigenvalue weighted by Gasteiger charge is -2.06. The fourth-order valence-corrected chi connectivity index (χ4v) is 2.09. The number of rotatable bonds is 3. The molecule has 1 aromatic carbocycles. The molecule has 2 heterocycles. The van der Waals surface area contributed by atoms with Crippen molar-refractivity contribution in [3.8, 4) is 5.75 Å². The molecule has 1 aromatic heterocycles. The highest BCUT2D eigenvalue weighted by Crippen LogP contribution is 2.23.